The van der Waals surface area contributed by atoms with E-state index in [1.54, 1.807) is 0 Å². The predicted molar refractivity (Wildman–Crippen MR) is 102 cm³/mol. The fourth-order valence-electron chi connectivity index (χ4n) is 3.67. The summed E-state index contributed by atoms with van der Waals surface area (Å²) in [6.07, 6.45) is 5.78. The molecule has 2 aromatic rings. The van der Waals surface area contributed by atoms with Crippen molar-refractivity contribution in [2.45, 2.75) is 44.7 Å². The van der Waals surface area contributed by atoms with Crippen molar-refractivity contribution in [2.75, 3.05) is 11.6 Å². The van der Waals surface area contributed by atoms with Crippen LogP contribution in [-0.2, 0) is 40.6 Å². The Morgan fingerprint density at radius 1 is 1.23 bits per heavy atom. The number of hydrogen-bond acceptors (Lipinski definition) is 5. The fourth-order valence-corrected chi connectivity index (χ4v) is 5.72. The minimum atomic E-state index is -3.50. The van der Waals surface area contributed by atoms with Crippen molar-refractivity contribution in [3.05, 3.63) is 46.0 Å². The molecule has 0 bridgehead atoms. The van der Waals surface area contributed by atoms with Crippen molar-refractivity contribution >= 4 is 32.4 Å². The van der Waals surface area contributed by atoms with Gasteiger partial charge in [0.1, 0.15) is 6.04 Å². The number of hydrogen-bond donors (Lipinski definition) is 1. The summed E-state index contributed by atoms with van der Waals surface area (Å²) in [6, 6.07) is 6.92. The number of nitrogens with one attached hydrogen (secondary N) is 1. The summed E-state index contributed by atoms with van der Waals surface area (Å²) in [6.45, 7) is 0.224. The Labute approximate surface area is 157 Å². The molecule has 1 atom stereocenters. The minimum absolute atomic E-state index is 0.224. The van der Waals surface area contributed by atoms with Crippen LogP contribution < -0.4 is 5.32 Å². The number of carbonyl (C=O) groups is 1. The normalized spacial score (nSPS) is 20.3. The van der Waals surface area contributed by atoms with Crippen LogP contribution >= 0.6 is 11.3 Å². The van der Waals surface area contributed by atoms with Gasteiger partial charge in [-0.15, -0.1) is 11.3 Å². The summed E-state index contributed by atoms with van der Waals surface area (Å²) in [5.41, 5.74) is 3.04. The lowest BCUT2D eigenvalue weighted by Gasteiger charge is -2.33. The molecule has 1 N–H and O–H groups in total. The molecule has 1 aromatic heterocycles. The van der Waals surface area contributed by atoms with Crippen molar-refractivity contribution < 1.29 is 13.2 Å². The topological polar surface area (TPSA) is 79.4 Å². The van der Waals surface area contributed by atoms with E-state index < -0.39 is 16.1 Å². The molecule has 1 amide bonds. The van der Waals surface area contributed by atoms with Crippen LogP contribution in [0, 0.1) is 0 Å². The van der Waals surface area contributed by atoms with E-state index in [1.807, 2.05) is 24.3 Å². The molecule has 1 aliphatic heterocycles. The maximum atomic E-state index is 12.9. The molecular formula is C18H21N3O3S2. The zero-order valence-electron chi connectivity index (χ0n) is 14.6. The predicted octanol–water partition coefficient (Wildman–Crippen LogP) is 2.35. The van der Waals surface area contributed by atoms with Gasteiger partial charge in [-0.3, -0.25) is 4.79 Å². The molecule has 0 spiro atoms. The fraction of sp³-hybridized carbons (Fsp3) is 0.444. The highest BCUT2D eigenvalue weighted by molar-refractivity contribution is 7.88. The van der Waals surface area contributed by atoms with Crippen molar-refractivity contribution in [2.24, 2.45) is 0 Å². The van der Waals surface area contributed by atoms with Gasteiger partial charge in [-0.05, 0) is 43.2 Å². The average Bonchev–Trinajstić information content (AvgIpc) is 3.02. The number of anilines is 1. The van der Waals surface area contributed by atoms with Crippen LogP contribution in [0.4, 0.5) is 5.13 Å². The number of nitrogens with zero attached hydrogens (tertiary/aromatic N) is 2. The van der Waals surface area contributed by atoms with Crippen molar-refractivity contribution in [3.63, 3.8) is 0 Å². The van der Waals surface area contributed by atoms with Crippen LogP contribution in [-0.4, -0.2) is 35.9 Å². The Hall–Kier alpha value is -1.77. The van der Waals surface area contributed by atoms with Gasteiger partial charge >= 0.3 is 0 Å². The van der Waals surface area contributed by atoms with E-state index >= 15 is 0 Å². The molecule has 8 heteroatoms. The number of amides is 1. The van der Waals surface area contributed by atoms with Crippen LogP contribution in [0.5, 0.6) is 0 Å². The van der Waals surface area contributed by atoms with Gasteiger partial charge < -0.3 is 5.32 Å². The quantitative estimate of drug-likeness (QED) is 0.871. The minimum Gasteiger partial charge on any atom is -0.301 e. The van der Waals surface area contributed by atoms with E-state index in [1.165, 1.54) is 20.5 Å². The molecule has 26 heavy (non-hydrogen) atoms. The molecule has 4 rings (SSSR count). The van der Waals surface area contributed by atoms with Crippen molar-refractivity contribution in [1.82, 2.24) is 9.29 Å². The number of fused-ring (bicyclic) bond motifs is 2. The molecule has 0 unspecified atom stereocenters. The third-order valence-electron chi connectivity index (χ3n) is 5.01. The second-order valence-corrected chi connectivity index (χ2v) is 9.90. The first-order chi connectivity index (χ1) is 12.4. The lowest BCUT2D eigenvalue weighted by Crippen LogP contribution is -2.50. The van der Waals surface area contributed by atoms with Gasteiger partial charge in [0.15, 0.2) is 5.13 Å². The average molecular weight is 392 g/mol. The van der Waals surface area contributed by atoms with Crippen LogP contribution in [0.3, 0.4) is 0 Å². The lowest BCUT2D eigenvalue weighted by atomic mass is 9.95. The summed E-state index contributed by atoms with van der Waals surface area (Å²) in [4.78, 5) is 18.7. The van der Waals surface area contributed by atoms with Crippen LogP contribution in [0.2, 0.25) is 0 Å². The summed E-state index contributed by atoms with van der Waals surface area (Å²) in [5, 5.41) is 3.44. The molecule has 6 nitrogen and oxygen atoms in total. The number of sulfonamides is 1. The zero-order chi connectivity index (χ0) is 18.3. The third-order valence-corrected chi connectivity index (χ3v) is 7.32. The lowest BCUT2D eigenvalue weighted by molar-refractivity contribution is -0.120. The highest BCUT2D eigenvalue weighted by Crippen LogP contribution is 2.31. The molecular weight excluding hydrogens is 370 g/mol. The van der Waals surface area contributed by atoms with E-state index in [0.717, 1.165) is 48.8 Å². The molecule has 2 heterocycles. The van der Waals surface area contributed by atoms with Crippen LogP contribution in [0.25, 0.3) is 0 Å². The first-order valence-corrected chi connectivity index (χ1v) is 11.4. The number of aromatic nitrogens is 1. The van der Waals surface area contributed by atoms with E-state index in [2.05, 4.69) is 10.3 Å². The second-order valence-electron chi connectivity index (χ2n) is 6.88. The SMILES string of the molecule is CS(=O)(=O)N1Cc2ccccc2C[C@@H]1C(=O)Nc1nc2c(s1)CCCC2. The van der Waals surface area contributed by atoms with Crippen molar-refractivity contribution in [3.8, 4) is 0 Å². The molecule has 1 aromatic carbocycles. The maximum Gasteiger partial charge on any atom is 0.244 e. The van der Waals surface area contributed by atoms with Gasteiger partial charge in [0, 0.05) is 11.4 Å². The molecule has 1 aliphatic carbocycles. The molecule has 0 radical (unpaired) electrons. The molecule has 138 valence electrons. The number of carbonyl (C=O) groups excluding carboxylic acids is 1. The van der Waals surface area contributed by atoms with Gasteiger partial charge in [-0.2, -0.15) is 4.31 Å². The Bertz CT molecular complexity index is 929. The van der Waals surface area contributed by atoms with Gasteiger partial charge in [0.25, 0.3) is 0 Å². The summed E-state index contributed by atoms with van der Waals surface area (Å²) in [5.74, 6) is -0.309. The Kier molecular flexibility index (Phi) is 4.58. The number of thiazole rings is 1. The second kappa shape index (κ2) is 6.75. The molecule has 0 saturated heterocycles. The summed E-state index contributed by atoms with van der Waals surface area (Å²) in [7, 11) is -3.50. The number of rotatable bonds is 3. The third kappa shape index (κ3) is 3.41. The first kappa shape index (κ1) is 17.6. The summed E-state index contributed by atoms with van der Waals surface area (Å²) >= 11 is 1.51. The Balaban J connectivity index is 1.59. The van der Waals surface area contributed by atoms with E-state index in [0.29, 0.717) is 11.6 Å². The monoisotopic (exact) mass is 391 g/mol. The smallest absolute Gasteiger partial charge is 0.244 e. The Morgan fingerprint density at radius 2 is 1.96 bits per heavy atom. The van der Waals surface area contributed by atoms with Gasteiger partial charge in [-0.1, -0.05) is 24.3 Å². The largest absolute Gasteiger partial charge is 0.301 e. The molecule has 2 aliphatic rings. The van der Waals surface area contributed by atoms with E-state index in [4.69, 9.17) is 0 Å². The number of aryl methyl sites for hydroxylation is 2. The highest BCUT2D eigenvalue weighted by atomic mass is 32.2. The standard InChI is InChI=1S/C18H21N3O3S2/c1-26(23,24)21-11-13-7-3-2-6-12(13)10-15(21)17(22)20-18-19-14-8-4-5-9-16(14)25-18/h2-3,6-7,15H,4-5,8-11H2,1H3,(H,19,20,22)/t15-/m1/s1. The van der Waals surface area contributed by atoms with E-state index in [-0.39, 0.29) is 12.5 Å². The highest BCUT2D eigenvalue weighted by Gasteiger charge is 2.37. The summed E-state index contributed by atoms with van der Waals surface area (Å²) < 4.78 is 25.8. The van der Waals surface area contributed by atoms with E-state index in [9.17, 15) is 13.2 Å². The zero-order valence-corrected chi connectivity index (χ0v) is 16.2. The number of benzene rings is 1. The molecule has 0 fully saturated rings. The van der Waals surface area contributed by atoms with Gasteiger partial charge in [-0.25, -0.2) is 13.4 Å². The van der Waals surface area contributed by atoms with Gasteiger partial charge in [0.2, 0.25) is 15.9 Å². The first-order valence-electron chi connectivity index (χ1n) is 8.75. The van der Waals surface area contributed by atoms with Crippen LogP contribution in [0.15, 0.2) is 24.3 Å². The van der Waals surface area contributed by atoms with Crippen molar-refractivity contribution in [1.29, 1.82) is 0 Å². The van der Waals surface area contributed by atoms with Gasteiger partial charge in [0.05, 0.1) is 11.9 Å². The Morgan fingerprint density at radius 3 is 2.69 bits per heavy atom. The molecule has 0 saturated carbocycles. The maximum absolute atomic E-state index is 12.9. The van der Waals surface area contributed by atoms with Crippen LogP contribution in [0.1, 0.15) is 34.5 Å².